The standard InChI is InChI=1S/C18H13BrFN5S/c1-10-2-7-13(8-14(10)19)25-17(23-24-18(25)26)16-9-15(21-22-16)11-3-5-12(20)6-4-11/h2-9H,1H3,(H,21,22)(H,24,26). The lowest BCUT2D eigenvalue weighted by molar-refractivity contribution is 0.628. The molecule has 2 aromatic heterocycles. The van der Waals surface area contributed by atoms with Crippen LogP contribution in [-0.4, -0.2) is 25.0 Å². The van der Waals surface area contributed by atoms with Crippen LogP contribution in [0.25, 0.3) is 28.5 Å². The van der Waals surface area contributed by atoms with Crippen molar-refractivity contribution >= 4 is 28.1 Å². The summed E-state index contributed by atoms with van der Waals surface area (Å²) in [5.41, 5.74) is 4.23. The summed E-state index contributed by atoms with van der Waals surface area (Å²) >= 11 is 8.95. The molecule has 0 spiro atoms. The third-order valence-electron chi connectivity index (χ3n) is 4.04. The third kappa shape index (κ3) is 3.02. The van der Waals surface area contributed by atoms with Crippen molar-refractivity contribution in [2.45, 2.75) is 6.92 Å². The molecule has 2 N–H and O–H groups in total. The molecular formula is C18H13BrFN5S. The first kappa shape index (κ1) is 16.9. The Bertz CT molecular complexity index is 1140. The largest absolute Gasteiger partial charge is 0.274 e. The number of hydrogen-bond acceptors (Lipinski definition) is 3. The quantitative estimate of drug-likeness (QED) is 0.440. The van der Waals surface area contributed by atoms with Crippen molar-refractivity contribution in [3.05, 3.63) is 69.2 Å². The normalized spacial score (nSPS) is 11.0. The van der Waals surface area contributed by atoms with E-state index in [0.717, 1.165) is 21.3 Å². The molecule has 0 amide bonds. The van der Waals surface area contributed by atoms with Gasteiger partial charge in [-0.1, -0.05) is 22.0 Å². The number of benzene rings is 2. The second-order valence-corrected chi connectivity index (χ2v) is 7.04. The lowest BCUT2D eigenvalue weighted by Gasteiger charge is -2.07. The highest BCUT2D eigenvalue weighted by atomic mass is 79.9. The maximum Gasteiger partial charge on any atom is 0.200 e. The van der Waals surface area contributed by atoms with Crippen LogP contribution in [0.15, 0.2) is 53.0 Å². The third-order valence-corrected chi connectivity index (χ3v) is 5.17. The van der Waals surface area contributed by atoms with E-state index in [1.807, 2.05) is 35.8 Å². The molecule has 26 heavy (non-hydrogen) atoms. The Morgan fingerprint density at radius 2 is 1.81 bits per heavy atom. The first-order valence-corrected chi connectivity index (χ1v) is 8.99. The molecule has 0 radical (unpaired) electrons. The summed E-state index contributed by atoms with van der Waals surface area (Å²) in [5.74, 6) is 0.335. The molecule has 0 fully saturated rings. The summed E-state index contributed by atoms with van der Waals surface area (Å²) in [4.78, 5) is 0. The Morgan fingerprint density at radius 3 is 2.54 bits per heavy atom. The molecular weight excluding hydrogens is 417 g/mol. The van der Waals surface area contributed by atoms with Crippen LogP contribution in [0.1, 0.15) is 5.56 Å². The molecule has 0 aliphatic rings. The van der Waals surface area contributed by atoms with Gasteiger partial charge in [0.2, 0.25) is 0 Å². The van der Waals surface area contributed by atoms with Crippen molar-refractivity contribution in [2.75, 3.05) is 0 Å². The van der Waals surface area contributed by atoms with Crippen LogP contribution in [0.2, 0.25) is 0 Å². The number of nitrogens with zero attached hydrogens (tertiary/aromatic N) is 3. The first-order chi connectivity index (χ1) is 12.5. The molecule has 0 aliphatic heterocycles. The van der Waals surface area contributed by atoms with Gasteiger partial charge in [0.1, 0.15) is 11.5 Å². The molecule has 0 aliphatic carbocycles. The molecule has 0 unspecified atom stereocenters. The van der Waals surface area contributed by atoms with E-state index in [4.69, 9.17) is 12.2 Å². The fourth-order valence-corrected chi connectivity index (χ4v) is 3.25. The monoisotopic (exact) mass is 429 g/mol. The van der Waals surface area contributed by atoms with E-state index in [2.05, 4.69) is 36.3 Å². The maximum absolute atomic E-state index is 13.1. The molecule has 130 valence electrons. The molecule has 2 heterocycles. The molecule has 0 saturated heterocycles. The molecule has 0 bridgehead atoms. The van der Waals surface area contributed by atoms with Gasteiger partial charge in [0.05, 0.1) is 11.4 Å². The zero-order valence-corrected chi connectivity index (χ0v) is 16.0. The van der Waals surface area contributed by atoms with Crippen molar-refractivity contribution in [3.63, 3.8) is 0 Å². The van der Waals surface area contributed by atoms with Gasteiger partial charge in [0, 0.05) is 10.0 Å². The van der Waals surface area contributed by atoms with Crippen molar-refractivity contribution in [2.24, 2.45) is 0 Å². The van der Waals surface area contributed by atoms with Crippen LogP contribution in [0, 0.1) is 17.5 Å². The highest BCUT2D eigenvalue weighted by Gasteiger charge is 2.15. The average molecular weight is 430 g/mol. The van der Waals surface area contributed by atoms with Crippen LogP contribution in [0.4, 0.5) is 4.39 Å². The molecule has 4 rings (SSSR count). The minimum absolute atomic E-state index is 0.282. The second-order valence-electron chi connectivity index (χ2n) is 5.80. The Hall–Kier alpha value is -2.58. The number of rotatable bonds is 3. The van der Waals surface area contributed by atoms with Crippen LogP contribution < -0.4 is 0 Å². The fourth-order valence-electron chi connectivity index (χ4n) is 2.64. The van der Waals surface area contributed by atoms with E-state index in [-0.39, 0.29) is 5.82 Å². The fraction of sp³-hybridized carbons (Fsp3) is 0.0556. The number of nitrogens with one attached hydrogen (secondary N) is 2. The second kappa shape index (κ2) is 6.62. The van der Waals surface area contributed by atoms with Gasteiger partial charge in [-0.05, 0) is 67.2 Å². The number of aryl methyl sites for hydroxylation is 1. The van der Waals surface area contributed by atoms with Gasteiger partial charge < -0.3 is 0 Å². The Balaban J connectivity index is 1.79. The van der Waals surface area contributed by atoms with Crippen molar-refractivity contribution in [1.82, 2.24) is 25.0 Å². The molecule has 5 nitrogen and oxygen atoms in total. The molecule has 8 heteroatoms. The molecule has 4 aromatic rings. The number of halogens is 2. The van der Waals surface area contributed by atoms with Gasteiger partial charge in [-0.25, -0.2) is 4.39 Å². The van der Waals surface area contributed by atoms with Crippen LogP contribution >= 0.6 is 28.1 Å². The van der Waals surface area contributed by atoms with Crippen molar-refractivity contribution < 1.29 is 4.39 Å². The van der Waals surface area contributed by atoms with Gasteiger partial charge in [-0.15, -0.1) is 0 Å². The summed E-state index contributed by atoms with van der Waals surface area (Å²) < 4.78 is 16.4. The lowest BCUT2D eigenvalue weighted by atomic mass is 10.1. The predicted octanol–water partition coefficient (Wildman–Crippen LogP) is 5.20. The number of aromatic nitrogens is 5. The minimum atomic E-state index is -0.282. The van der Waals surface area contributed by atoms with Crippen molar-refractivity contribution in [1.29, 1.82) is 0 Å². The summed E-state index contributed by atoms with van der Waals surface area (Å²) in [6, 6.07) is 14.0. The Morgan fingerprint density at radius 1 is 1.04 bits per heavy atom. The average Bonchev–Trinajstić information content (AvgIpc) is 3.25. The maximum atomic E-state index is 13.1. The summed E-state index contributed by atoms with van der Waals surface area (Å²) in [6.07, 6.45) is 0. The summed E-state index contributed by atoms with van der Waals surface area (Å²) in [7, 11) is 0. The SMILES string of the molecule is Cc1ccc(-n2c(-c3cc(-c4ccc(F)cc4)n[nH]3)n[nH]c2=S)cc1Br. The van der Waals surface area contributed by atoms with E-state index in [0.29, 0.717) is 22.0 Å². The number of H-pyrrole nitrogens is 2. The zero-order valence-electron chi connectivity index (χ0n) is 13.6. The predicted molar refractivity (Wildman–Crippen MR) is 104 cm³/mol. The van der Waals surface area contributed by atoms with Crippen molar-refractivity contribution in [3.8, 4) is 28.5 Å². The van der Waals surface area contributed by atoms with Gasteiger partial charge in [0.25, 0.3) is 0 Å². The van der Waals surface area contributed by atoms with E-state index in [9.17, 15) is 4.39 Å². The van der Waals surface area contributed by atoms with Crippen LogP contribution in [0.3, 0.4) is 0 Å². The number of hydrogen-bond donors (Lipinski definition) is 2. The lowest BCUT2D eigenvalue weighted by Crippen LogP contribution is -1.98. The number of aromatic amines is 2. The topological polar surface area (TPSA) is 62.3 Å². The van der Waals surface area contributed by atoms with E-state index >= 15 is 0 Å². The zero-order chi connectivity index (χ0) is 18.3. The van der Waals surface area contributed by atoms with Gasteiger partial charge in [-0.2, -0.15) is 10.2 Å². The summed E-state index contributed by atoms with van der Waals surface area (Å²) in [6.45, 7) is 2.02. The molecule has 0 atom stereocenters. The Labute approximate surface area is 162 Å². The highest BCUT2D eigenvalue weighted by molar-refractivity contribution is 9.10. The van der Waals surface area contributed by atoms with Gasteiger partial charge >= 0.3 is 0 Å². The first-order valence-electron chi connectivity index (χ1n) is 7.78. The summed E-state index contributed by atoms with van der Waals surface area (Å²) in [5, 5.41) is 14.5. The Kier molecular flexibility index (Phi) is 4.29. The smallest absolute Gasteiger partial charge is 0.200 e. The van der Waals surface area contributed by atoms with E-state index < -0.39 is 0 Å². The van der Waals surface area contributed by atoms with Gasteiger partial charge in [0.15, 0.2) is 10.6 Å². The minimum Gasteiger partial charge on any atom is -0.274 e. The molecule has 2 aromatic carbocycles. The van der Waals surface area contributed by atoms with E-state index in [1.54, 1.807) is 12.1 Å². The van der Waals surface area contributed by atoms with E-state index in [1.165, 1.54) is 12.1 Å². The van der Waals surface area contributed by atoms with Crippen LogP contribution in [-0.2, 0) is 0 Å². The van der Waals surface area contributed by atoms with Crippen LogP contribution in [0.5, 0.6) is 0 Å². The molecule has 0 saturated carbocycles. The highest BCUT2D eigenvalue weighted by Crippen LogP contribution is 2.27. The van der Waals surface area contributed by atoms with Gasteiger partial charge in [-0.3, -0.25) is 14.8 Å².